The van der Waals surface area contributed by atoms with Crippen molar-refractivity contribution < 1.29 is 9.47 Å². The van der Waals surface area contributed by atoms with Crippen molar-refractivity contribution in [3.63, 3.8) is 0 Å². The highest BCUT2D eigenvalue weighted by molar-refractivity contribution is 5.89. The maximum Gasteiger partial charge on any atom is 0.163 e. The van der Waals surface area contributed by atoms with Crippen LogP contribution in [0.3, 0.4) is 0 Å². The van der Waals surface area contributed by atoms with Gasteiger partial charge in [0.1, 0.15) is 5.82 Å². The molecule has 5 heteroatoms. The van der Waals surface area contributed by atoms with Crippen molar-refractivity contribution >= 4 is 16.7 Å². The fraction of sp³-hybridized carbons (Fsp3) is 0.625. The zero-order valence-electron chi connectivity index (χ0n) is 17.6. The summed E-state index contributed by atoms with van der Waals surface area (Å²) in [6, 6.07) is 4.87. The van der Waals surface area contributed by atoms with Gasteiger partial charge in [-0.2, -0.15) is 0 Å². The van der Waals surface area contributed by atoms with Crippen LogP contribution in [0, 0.1) is 0 Å². The van der Waals surface area contributed by atoms with Crippen LogP contribution in [0.15, 0.2) is 12.1 Å². The highest BCUT2D eigenvalue weighted by Crippen LogP contribution is 2.39. The molecule has 1 N–H and O–H groups in total. The number of aromatic nitrogens is 1. The summed E-state index contributed by atoms with van der Waals surface area (Å²) in [6.07, 6.45) is 11.0. The lowest BCUT2D eigenvalue weighted by Crippen LogP contribution is -2.22. The minimum absolute atomic E-state index is 0.616. The standard InChI is InChI=1S/C24H33N3O2/c1-28-22-15-20-18-7-2-3-8-19(18)24(25-17-9-10-17)26-21(20)16-23(22)29-14-6-13-27-11-4-5-12-27/h15-17H,2-14H2,1H3,(H,25,26). The van der Waals surface area contributed by atoms with Gasteiger partial charge in [-0.25, -0.2) is 4.98 Å². The van der Waals surface area contributed by atoms with Crippen LogP contribution < -0.4 is 14.8 Å². The van der Waals surface area contributed by atoms with E-state index in [2.05, 4.69) is 22.3 Å². The van der Waals surface area contributed by atoms with Gasteiger partial charge in [-0.3, -0.25) is 0 Å². The van der Waals surface area contributed by atoms with Crippen molar-refractivity contribution in [3.05, 3.63) is 23.3 Å². The summed E-state index contributed by atoms with van der Waals surface area (Å²) >= 11 is 0. The third-order valence-corrected chi connectivity index (χ3v) is 6.59. The minimum Gasteiger partial charge on any atom is -0.493 e. The Balaban J connectivity index is 1.40. The van der Waals surface area contributed by atoms with Gasteiger partial charge in [0.25, 0.3) is 0 Å². The highest BCUT2D eigenvalue weighted by atomic mass is 16.5. The first kappa shape index (κ1) is 19.0. The fourth-order valence-corrected chi connectivity index (χ4v) is 4.82. The highest BCUT2D eigenvalue weighted by Gasteiger charge is 2.26. The predicted molar refractivity (Wildman–Crippen MR) is 117 cm³/mol. The van der Waals surface area contributed by atoms with E-state index in [1.807, 2.05) is 0 Å². The number of anilines is 1. The number of benzene rings is 1. The second-order valence-corrected chi connectivity index (χ2v) is 8.81. The van der Waals surface area contributed by atoms with Gasteiger partial charge in [0.2, 0.25) is 0 Å². The summed E-state index contributed by atoms with van der Waals surface area (Å²) in [5.74, 6) is 2.76. The lowest BCUT2D eigenvalue weighted by Gasteiger charge is -2.23. The molecular weight excluding hydrogens is 362 g/mol. The smallest absolute Gasteiger partial charge is 0.163 e. The Bertz CT molecular complexity index is 872. The van der Waals surface area contributed by atoms with E-state index >= 15 is 0 Å². The van der Waals surface area contributed by atoms with Crippen LogP contribution in [-0.2, 0) is 12.8 Å². The number of likely N-dealkylation sites (tertiary alicyclic amines) is 1. The molecule has 2 aliphatic carbocycles. The van der Waals surface area contributed by atoms with Gasteiger partial charge in [0.15, 0.2) is 11.5 Å². The average Bonchev–Trinajstić information content (AvgIpc) is 3.42. The third-order valence-electron chi connectivity index (χ3n) is 6.59. The Hall–Kier alpha value is -2.01. The Morgan fingerprint density at radius 1 is 1.03 bits per heavy atom. The van der Waals surface area contributed by atoms with Crippen molar-refractivity contribution in [2.24, 2.45) is 0 Å². The molecule has 1 saturated heterocycles. The van der Waals surface area contributed by atoms with Crippen LogP contribution in [0.2, 0.25) is 0 Å². The molecule has 0 radical (unpaired) electrons. The molecule has 0 atom stereocenters. The fourth-order valence-electron chi connectivity index (χ4n) is 4.82. The molecule has 1 saturated carbocycles. The molecule has 0 spiro atoms. The summed E-state index contributed by atoms with van der Waals surface area (Å²) in [5.41, 5.74) is 3.92. The van der Waals surface area contributed by atoms with Crippen molar-refractivity contribution in [1.82, 2.24) is 9.88 Å². The summed E-state index contributed by atoms with van der Waals surface area (Å²) in [6.45, 7) is 4.32. The molecule has 0 bridgehead atoms. The van der Waals surface area contributed by atoms with E-state index in [0.29, 0.717) is 6.04 Å². The number of hydrogen-bond donors (Lipinski definition) is 1. The number of hydrogen-bond acceptors (Lipinski definition) is 5. The zero-order chi connectivity index (χ0) is 19.6. The number of methoxy groups -OCH3 is 1. The molecule has 5 rings (SSSR count). The minimum atomic E-state index is 0.616. The van der Waals surface area contributed by atoms with Gasteiger partial charge in [0, 0.05) is 24.0 Å². The molecule has 5 nitrogen and oxygen atoms in total. The first-order valence-electron chi connectivity index (χ1n) is 11.5. The topological polar surface area (TPSA) is 46.6 Å². The number of aryl methyl sites for hydroxylation is 1. The predicted octanol–water partition coefficient (Wildman–Crippen LogP) is 4.56. The summed E-state index contributed by atoms with van der Waals surface area (Å²) in [5, 5.41) is 4.92. The van der Waals surface area contributed by atoms with E-state index in [0.717, 1.165) is 55.2 Å². The van der Waals surface area contributed by atoms with Crippen LogP contribution in [0.5, 0.6) is 11.5 Å². The molecule has 2 aromatic rings. The quantitative estimate of drug-likeness (QED) is 0.664. The average molecular weight is 396 g/mol. The molecule has 2 fully saturated rings. The lowest BCUT2D eigenvalue weighted by atomic mass is 9.89. The Kier molecular flexibility index (Phi) is 5.49. The molecule has 1 aliphatic heterocycles. The molecule has 0 unspecified atom stereocenters. The maximum atomic E-state index is 6.16. The number of pyridine rings is 1. The molecule has 1 aromatic carbocycles. The zero-order valence-corrected chi connectivity index (χ0v) is 17.6. The first-order chi connectivity index (χ1) is 14.3. The number of rotatable bonds is 8. The van der Waals surface area contributed by atoms with Crippen LogP contribution >= 0.6 is 0 Å². The van der Waals surface area contributed by atoms with Crippen molar-refractivity contribution in [1.29, 1.82) is 0 Å². The van der Waals surface area contributed by atoms with Crippen LogP contribution in [0.4, 0.5) is 5.82 Å². The normalized spacial score (nSPS) is 19.3. The Morgan fingerprint density at radius 2 is 1.83 bits per heavy atom. The molecule has 0 amide bonds. The first-order valence-corrected chi connectivity index (χ1v) is 11.5. The molecule has 3 aliphatic rings. The molecule has 2 heterocycles. The molecule has 156 valence electrons. The van der Waals surface area contributed by atoms with Gasteiger partial charge in [-0.05, 0) is 88.1 Å². The summed E-state index contributed by atoms with van der Waals surface area (Å²) in [4.78, 5) is 7.57. The van der Waals surface area contributed by atoms with Crippen molar-refractivity contribution in [2.45, 2.75) is 63.8 Å². The summed E-state index contributed by atoms with van der Waals surface area (Å²) in [7, 11) is 1.74. The van der Waals surface area contributed by atoms with E-state index < -0.39 is 0 Å². The number of nitrogens with one attached hydrogen (secondary N) is 1. The van der Waals surface area contributed by atoms with Crippen molar-refractivity contribution in [2.75, 3.05) is 38.7 Å². The van der Waals surface area contributed by atoms with E-state index in [-0.39, 0.29) is 0 Å². The maximum absolute atomic E-state index is 6.16. The van der Waals surface area contributed by atoms with E-state index in [1.54, 1.807) is 7.11 Å². The third kappa shape index (κ3) is 4.16. The number of ether oxygens (including phenoxy) is 2. The number of fused-ring (bicyclic) bond motifs is 3. The lowest BCUT2D eigenvalue weighted by molar-refractivity contribution is 0.254. The van der Waals surface area contributed by atoms with E-state index in [9.17, 15) is 0 Å². The van der Waals surface area contributed by atoms with Crippen LogP contribution in [-0.4, -0.2) is 49.3 Å². The Morgan fingerprint density at radius 3 is 2.59 bits per heavy atom. The largest absolute Gasteiger partial charge is 0.493 e. The molecule has 29 heavy (non-hydrogen) atoms. The van der Waals surface area contributed by atoms with Gasteiger partial charge in [-0.15, -0.1) is 0 Å². The van der Waals surface area contributed by atoms with Gasteiger partial charge < -0.3 is 19.7 Å². The van der Waals surface area contributed by atoms with Gasteiger partial charge in [-0.1, -0.05) is 0 Å². The van der Waals surface area contributed by atoms with Crippen LogP contribution in [0.25, 0.3) is 10.9 Å². The molecular formula is C24H33N3O2. The van der Waals surface area contributed by atoms with Gasteiger partial charge in [0.05, 0.1) is 19.2 Å². The Labute approximate surface area is 173 Å². The van der Waals surface area contributed by atoms with E-state index in [4.69, 9.17) is 14.5 Å². The van der Waals surface area contributed by atoms with E-state index in [1.165, 1.54) is 68.1 Å². The van der Waals surface area contributed by atoms with Crippen LogP contribution in [0.1, 0.15) is 56.1 Å². The van der Waals surface area contributed by atoms with Crippen molar-refractivity contribution in [3.8, 4) is 11.5 Å². The second-order valence-electron chi connectivity index (χ2n) is 8.81. The SMILES string of the molecule is COc1cc2c3c(c(NC4CC4)nc2cc1OCCCN1CCCC1)CCCC3. The molecule has 1 aromatic heterocycles. The van der Waals surface area contributed by atoms with Gasteiger partial charge >= 0.3 is 0 Å². The number of nitrogens with zero attached hydrogens (tertiary/aromatic N) is 2. The second kappa shape index (κ2) is 8.39. The monoisotopic (exact) mass is 395 g/mol. The summed E-state index contributed by atoms with van der Waals surface area (Å²) < 4.78 is 11.9.